The fourth-order valence-corrected chi connectivity index (χ4v) is 1.17. The summed E-state index contributed by atoms with van der Waals surface area (Å²) in [6.07, 6.45) is 3.56. The summed E-state index contributed by atoms with van der Waals surface area (Å²) in [6, 6.07) is 9.78. The van der Waals surface area contributed by atoms with Crippen molar-refractivity contribution in [2.24, 2.45) is 0 Å². The fraction of sp³-hybridized carbons (Fsp3) is 0.364. The molecule has 0 aromatic heterocycles. The highest BCUT2D eigenvalue weighted by molar-refractivity contribution is 5.17. The first kappa shape index (κ1) is 9.27. The summed E-state index contributed by atoms with van der Waals surface area (Å²) < 4.78 is 0. The maximum atomic E-state index is 9.63. The van der Waals surface area contributed by atoms with Gasteiger partial charge in [-0.1, -0.05) is 37.3 Å². The molecule has 0 amide bonds. The lowest BCUT2D eigenvalue weighted by atomic mass is 10.0. The van der Waals surface area contributed by atoms with Crippen LogP contribution < -0.4 is 0 Å². The average Bonchev–Trinajstić information content (AvgIpc) is 2.15. The Morgan fingerprint density at radius 3 is 2.58 bits per heavy atom. The molecule has 1 aromatic rings. The number of hydrogen-bond donors (Lipinski definition) is 1. The molecule has 12 heavy (non-hydrogen) atoms. The third-order valence-electron chi connectivity index (χ3n) is 1.91. The predicted molar refractivity (Wildman–Crippen MR) is 50.6 cm³/mol. The second-order valence-electron chi connectivity index (χ2n) is 2.91. The van der Waals surface area contributed by atoms with Gasteiger partial charge in [-0.2, -0.15) is 0 Å². The molecule has 1 atom stereocenters. The lowest BCUT2D eigenvalue weighted by Crippen LogP contribution is -1.96. The summed E-state index contributed by atoms with van der Waals surface area (Å²) >= 11 is 0. The first-order valence-corrected chi connectivity index (χ1v) is 4.35. The molecule has 1 N–H and O–H groups in total. The van der Waals surface area contributed by atoms with Crippen LogP contribution in [0.25, 0.3) is 0 Å². The van der Waals surface area contributed by atoms with E-state index in [9.17, 15) is 5.11 Å². The highest BCUT2D eigenvalue weighted by atomic mass is 16.3. The molecule has 0 aliphatic rings. The monoisotopic (exact) mass is 163 g/mol. The second kappa shape index (κ2) is 4.94. The fourth-order valence-electron chi connectivity index (χ4n) is 1.17. The van der Waals surface area contributed by atoms with Gasteiger partial charge in [-0.15, -0.1) is 0 Å². The van der Waals surface area contributed by atoms with Gasteiger partial charge in [0, 0.05) is 0 Å². The predicted octanol–water partition coefficient (Wildman–Crippen LogP) is 2.72. The molecule has 1 heteroatoms. The van der Waals surface area contributed by atoms with E-state index in [4.69, 9.17) is 0 Å². The van der Waals surface area contributed by atoms with Crippen molar-refractivity contribution in [3.63, 3.8) is 0 Å². The van der Waals surface area contributed by atoms with E-state index in [1.807, 2.05) is 37.3 Å². The van der Waals surface area contributed by atoms with Gasteiger partial charge < -0.3 is 5.11 Å². The van der Waals surface area contributed by atoms with E-state index in [0.717, 1.165) is 18.4 Å². The van der Waals surface area contributed by atoms with Crippen LogP contribution in [0.5, 0.6) is 0 Å². The molecule has 1 rings (SSSR count). The van der Waals surface area contributed by atoms with Crippen LogP contribution in [0.1, 0.15) is 31.4 Å². The zero-order valence-corrected chi connectivity index (χ0v) is 7.40. The Morgan fingerprint density at radius 2 is 2.00 bits per heavy atom. The van der Waals surface area contributed by atoms with Crippen molar-refractivity contribution in [2.75, 3.05) is 0 Å². The molecule has 0 aliphatic carbocycles. The minimum Gasteiger partial charge on any atom is -0.388 e. The zero-order valence-electron chi connectivity index (χ0n) is 7.40. The quantitative estimate of drug-likeness (QED) is 0.723. The van der Waals surface area contributed by atoms with Crippen LogP contribution in [-0.4, -0.2) is 5.11 Å². The molecule has 0 fully saturated rings. The van der Waals surface area contributed by atoms with Crippen LogP contribution in [-0.2, 0) is 0 Å². The van der Waals surface area contributed by atoms with E-state index in [1.165, 1.54) is 0 Å². The Bertz CT molecular complexity index is 206. The van der Waals surface area contributed by atoms with Crippen LogP contribution in [0, 0.1) is 6.42 Å². The zero-order chi connectivity index (χ0) is 8.81. The topological polar surface area (TPSA) is 20.2 Å². The third-order valence-corrected chi connectivity index (χ3v) is 1.91. The number of hydrogen-bond acceptors (Lipinski definition) is 1. The molecule has 0 unspecified atom stereocenters. The van der Waals surface area contributed by atoms with Crippen molar-refractivity contribution in [2.45, 2.75) is 25.9 Å². The van der Waals surface area contributed by atoms with Crippen LogP contribution in [0.3, 0.4) is 0 Å². The van der Waals surface area contributed by atoms with Gasteiger partial charge >= 0.3 is 0 Å². The first-order chi connectivity index (χ1) is 5.84. The molecular formula is C11H15O. The van der Waals surface area contributed by atoms with Gasteiger partial charge in [0.15, 0.2) is 0 Å². The molecule has 0 aliphatic heterocycles. The number of rotatable bonds is 4. The van der Waals surface area contributed by atoms with Crippen LogP contribution >= 0.6 is 0 Å². The molecule has 0 heterocycles. The van der Waals surface area contributed by atoms with Gasteiger partial charge in [0.1, 0.15) is 0 Å². The standard InChI is InChI=1S/C11H15O/c1-2-3-9-11(12)10-7-5-4-6-8-10/h2,4-8,11-12H,3,9H2,1H3/t11-/m0/s1. The molecule has 0 bridgehead atoms. The Morgan fingerprint density at radius 1 is 1.33 bits per heavy atom. The summed E-state index contributed by atoms with van der Waals surface area (Å²) in [7, 11) is 0. The molecule has 0 saturated carbocycles. The Labute approximate surface area is 74.1 Å². The van der Waals surface area contributed by atoms with Crippen molar-refractivity contribution in [1.29, 1.82) is 0 Å². The summed E-state index contributed by atoms with van der Waals surface area (Å²) in [5.74, 6) is 0. The molecule has 1 aromatic carbocycles. The lowest BCUT2D eigenvalue weighted by molar-refractivity contribution is 0.167. The van der Waals surface area contributed by atoms with Crippen LogP contribution in [0.4, 0.5) is 0 Å². The molecule has 0 spiro atoms. The minimum atomic E-state index is -0.303. The second-order valence-corrected chi connectivity index (χ2v) is 2.91. The first-order valence-electron chi connectivity index (χ1n) is 4.35. The van der Waals surface area contributed by atoms with Gasteiger partial charge in [0.05, 0.1) is 6.10 Å². The van der Waals surface area contributed by atoms with E-state index in [1.54, 1.807) is 0 Å². The van der Waals surface area contributed by atoms with Crippen molar-refractivity contribution < 1.29 is 5.11 Å². The van der Waals surface area contributed by atoms with E-state index < -0.39 is 0 Å². The summed E-state index contributed by atoms with van der Waals surface area (Å²) in [4.78, 5) is 0. The minimum absolute atomic E-state index is 0.303. The van der Waals surface area contributed by atoms with E-state index in [2.05, 4.69) is 6.42 Å². The highest BCUT2D eigenvalue weighted by Gasteiger charge is 2.04. The third kappa shape index (κ3) is 2.67. The molecule has 1 nitrogen and oxygen atoms in total. The summed E-state index contributed by atoms with van der Waals surface area (Å²) in [5, 5.41) is 9.63. The SMILES string of the molecule is C[CH]CC[C@H](O)c1ccccc1. The van der Waals surface area contributed by atoms with E-state index >= 15 is 0 Å². The Balaban J connectivity index is 2.48. The molecule has 0 saturated heterocycles. The maximum Gasteiger partial charge on any atom is 0.0790 e. The highest BCUT2D eigenvalue weighted by Crippen LogP contribution is 2.17. The smallest absolute Gasteiger partial charge is 0.0790 e. The molecular weight excluding hydrogens is 148 g/mol. The van der Waals surface area contributed by atoms with Crippen LogP contribution in [0.15, 0.2) is 30.3 Å². The van der Waals surface area contributed by atoms with Gasteiger partial charge in [-0.05, 0) is 24.8 Å². The van der Waals surface area contributed by atoms with Crippen molar-refractivity contribution >= 4 is 0 Å². The van der Waals surface area contributed by atoms with E-state index in [-0.39, 0.29) is 6.10 Å². The Hall–Kier alpha value is -0.820. The van der Waals surface area contributed by atoms with Crippen molar-refractivity contribution in [3.8, 4) is 0 Å². The number of unbranched alkanes of at least 4 members (excludes halogenated alkanes) is 1. The number of aliphatic hydroxyl groups excluding tert-OH is 1. The van der Waals surface area contributed by atoms with Gasteiger partial charge in [-0.25, -0.2) is 0 Å². The number of aliphatic hydroxyl groups is 1. The lowest BCUT2D eigenvalue weighted by Gasteiger charge is -2.08. The maximum absolute atomic E-state index is 9.63. The van der Waals surface area contributed by atoms with E-state index in [0.29, 0.717) is 0 Å². The molecule has 1 radical (unpaired) electrons. The normalized spacial score (nSPS) is 12.8. The number of benzene rings is 1. The van der Waals surface area contributed by atoms with Gasteiger partial charge in [0.2, 0.25) is 0 Å². The largest absolute Gasteiger partial charge is 0.388 e. The molecule has 65 valence electrons. The van der Waals surface area contributed by atoms with Crippen molar-refractivity contribution in [3.05, 3.63) is 42.3 Å². The average molecular weight is 163 g/mol. The van der Waals surface area contributed by atoms with Gasteiger partial charge in [-0.3, -0.25) is 0 Å². The summed E-state index contributed by atoms with van der Waals surface area (Å²) in [6.45, 7) is 2.01. The summed E-state index contributed by atoms with van der Waals surface area (Å²) in [5.41, 5.74) is 1.01. The van der Waals surface area contributed by atoms with Gasteiger partial charge in [0.25, 0.3) is 0 Å². The van der Waals surface area contributed by atoms with Crippen LogP contribution in [0.2, 0.25) is 0 Å². The Kier molecular flexibility index (Phi) is 3.81. The van der Waals surface area contributed by atoms with Crippen molar-refractivity contribution in [1.82, 2.24) is 0 Å².